The summed E-state index contributed by atoms with van der Waals surface area (Å²) in [5.74, 6) is 4.59. The Bertz CT molecular complexity index is 101. The summed E-state index contributed by atoms with van der Waals surface area (Å²) in [4.78, 5) is 4.02. The highest BCUT2D eigenvalue weighted by Gasteiger charge is 2.23. The van der Waals surface area contributed by atoms with E-state index in [4.69, 9.17) is 20.4 Å². The van der Waals surface area contributed by atoms with E-state index >= 15 is 0 Å². The number of rotatable bonds is 5. The fourth-order valence-electron chi connectivity index (χ4n) is 0.562. The average molecular weight is 167 g/mol. The quantitative estimate of drug-likeness (QED) is 0.278. The monoisotopic (exact) mass is 167 g/mol. The second-order valence-corrected chi connectivity index (χ2v) is 2.14. The molecule has 0 unspecified atom stereocenters. The summed E-state index contributed by atoms with van der Waals surface area (Å²) in [6.45, 7) is -0.916. The lowest BCUT2D eigenvalue weighted by Crippen LogP contribution is -2.42. The van der Waals surface area contributed by atoms with Gasteiger partial charge in [-0.05, 0) is 0 Å². The van der Waals surface area contributed by atoms with Crippen LogP contribution in [0.2, 0.25) is 0 Å². The Kier molecular flexibility index (Phi) is 5.30. The van der Waals surface area contributed by atoms with E-state index in [2.05, 4.69) is 10.7 Å². The predicted molar refractivity (Wildman–Crippen MR) is 35.2 cm³/mol. The lowest BCUT2D eigenvalue weighted by atomic mass is 10.1. The van der Waals surface area contributed by atoms with Gasteiger partial charge in [0.2, 0.25) is 0 Å². The number of aliphatic hydroxyl groups excluding tert-OH is 4. The van der Waals surface area contributed by atoms with Gasteiger partial charge in [-0.1, -0.05) is 0 Å². The van der Waals surface area contributed by atoms with Crippen molar-refractivity contribution in [2.24, 2.45) is 5.90 Å². The summed E-state index contributed by atoms with van der Waals surface area (Å²) < 4.78 is 0. The molecular formula is C5H13NO5. The highest BCUT2D eigenvalue weighted by Crippen LogP contribution is 1.99. The standard InChI is InChI=1S/C5H13NO5/c6-11-2-4(9)5(10)3(8)1-7/h3-5,7-10H,1-2,6H2/t3-,4+,5+/m1/s1. The van der Waals surface area contributed by atoms with Crippen LogP contribution in [0.15, 0.2) is 0 Å². The molecule has 0 rings (SSSR count). The molecule has 0 spiro atoms. The van der Waals surface area contributed by atoms with Crippen LogP contribution in [0.25, 0.3) is 0 Å². The molecule has 0 aliphatic heterocycles. The van der Waals surface area contributed by atoms with Crippen LogP contribution in [-0.2, 0) is 4.84 Å². The maximum atomic E-state index is 8.92. The third kappa shape index (κ3) is 3.61. The Morgan fingerprint density at radius 3 is 2.09 bits per heavy atom. The SMILES string of the molecule is NOC[C@H](O)[C@@H](O)[C@H](O)CO. The van der Waals surface area contributed by atoms with Crippen LogP contribution in [-0.4, -0.2) is 52.0 Å². The van der Waals surface area contributed by atoms with Crippen LogP contribution in [0, 0.1) is 0 Å². The highest BCUT2D eigenvalue weighted by molar-refractivity contribution is 4.73. The van der Waals surface area contributed by atoms with Crippen LogP contribution in [0.5, 0.6) is 0 Å². The van der Waals surface area contributed by atoms with Crippen molar-refractivity contribution in [2.45, 2.75) is 18.3 Å². The Morgan fingerprint density at radius 2 is 1.73 bits per heavy atom. The predicted octanol–water partition coefficient (Wildman–Crippen LogP) is -3.05. The van der Waals surface area contributed by atoms with Crippen molar-refractivity contribution >= 4 is 0 Å². The number of hydrogen-bond donors (Lipinski definition) is 5. The number of hydrogen-bond acceptors (Lipinski definition) is 6. The van der Waals surface area contributed by atoms with Crippen molar-refractivity contribution in [3.05, 3.63) is 0 Å². The maximum Gasteiger partial charge on any atom is 0.110 e. The summed E-state index contributed by atoms with van der Waals surface area (Å²) in [5, 5.41) is 34.9. The molecule has 0 aliphatic carbocycles. The second-order valence-electron chi connectivity index (χ2n) is 2.14. The first-order valence-electron chi connectivity index (χ1n) is 3.10. The van der Waals surface area contributed by atoms with Crippen molar-refractivity contribution in [3.8, 4) is 0 Å². The van der Waals surface area contributed by atoms with Crippen molar-refractivity contribution in [1.82, 2.24) is 0 Å². The fourth-order valence-corrected chi connectivity index (χ4v) is 0.562. The zero-order valence-electron chi connectivity index (χ0n) is 5.92. The van der Waals surface area contributed by atoms with E-state index in [1.807, 2.05) is 0 Å². The summed E-state index contributed by atoms with van der Waals surface area (Å²) in [6, 6.07) is 0. The molecule has 0 bridgehead atoms. The van der Waals surface area contributed by atoms with Crippen LogP contribution < -0.4 is 5.90 Å². The zero-order chi connectivity index (χ0) is 8.85. The minimum Gasteiger partial charge on any atom is -0.394 e. The summed E-state index contributed by atoms with van der Waals surface area (Å²) in [5.41, 5.74) is 0. The van der Waals surface area contributed by atoms with Gasteiger partial charge in [-0.3, -0.25) is 0 Å². The van der Waals surface area contributed by atoms with Crippen LogP contribution in [0.4, 0.5) is 0 Å². The highest BCUT2D eigenvalue weighted by atomic mass is 16.6. The maximum absolute atomic E-state index is 8.92. The first-order valence-corrected chi connectivity index (χ1v) is 3.10. The van der Waals surface area contributed by atoms with E-state index < -0.39 is 24.9 Å². The average Bonchev–Trinajstić information content (AvgIpc) is 2.02. The Morgan fingerprint density at radius 1 is 1.18 bits per heavy atom. The lowest BCUT2D eigenvalue weighted by Gasteiger charge is -2.20. The largest absolute Gasteiger partial charge is 0.394 e. The minimum absolute atomic E-state index is 0.293. The second kappa shape index (κ2) is 5.42. The molecule has 0 aliphatic rings. The molecule has 11 heavy (non-hydrogen) atoms. The zero-order valence-corrected chi connectivity index (χ0v) is 5.92. The van der Waals surface area contributed by atoms with Crippen molar-refractivity contribution in [3.63, 3.8) is 0 Å². The molecular weight excluding hydrogens is 154 g/mol. The first kappa shape index (κ1) is 10.8. The molecule has 0 aromatic rings. The fraction of sp³-hybridized carbons (Fsp3) is 1.00. The molecule has 6 N–H and O–H groups in total. The molecule has 6 nitrogen and oxygen atoms in total. The molecule has 3 atom stereocenters. The van der Waals surface area contributed by atoms with Crippen molar-refractivity contribution in [1.29, 1.82) is 0 Å². The van der Waals surface area contributed by atoms with Crippen molar-refractivity contribution in [2.75, 3.05) is 13.2 Å². The van der Waals surface area contributed by atoms with Gasteiger partial charge in [0.15, 0.2) is 0 Å². The van der Waals surface area contributed by atoms with E-state index in [0.717, 1.165) is 0 Å². The molecule has 68 valence electrons. The molecule has 0 fully saturated rings. The van der Waals surface area contributed by atoms with Gasteiger partial charge in [-0.25, -0.2) is 5.90 Å². The lowest BCUT2D eigenvalue weighted by molar-refractivity contribution is -0.100. The van der Waals surface area contributed by atoms with E-state index in [0.29, 0.717) is 0 Å². The molecule has 0 heterocycles. The Labute approximate surface area is 63.8 Å². The molecule has 0 amide bonds. The van der Waals surface area contributed by atoms with Crippen LogP contribution in [0.3, 0.4) is 0 Å². The van der Waals surface area contributed by atoms with Gasteiger partial charge in [0.1, 0.15) is 18.3 Å². The molecule has 6 heteroatoms. The van der Waals surface area contributed by atoms with Gasteiger partial charge in [0.25, 0.3) is 0 Å². The molecule has 0 aromatic carbocycles. The molecule has 0 saturated heterocycles. The van der Waals surface area contributed by atoms with Crippen LogP contribution in [0.1, 0.15) is 0 Å². The summed E-state index contributed by atoms with van der Waals surface area (Å²) in [6.07, 6.45) is -4.11. The number of nitrogens with two attached hydrogens (primary N) is 1. The van der Waals surface area contributed by atoms with Crippen LogP contribution >= 0.6 is 0 Å². The van der Waals surface area contributed by atoms with Gasteiger partial charge >= 0.3 is 0 Å². The topological polar surface area (TPSA) is 116 Å². The van der Waals surface area contributed by atoms with Gasteiger partial charge in [0, 0.05) is 0 Å². The van der Waals surface area contributed by atoms with Gasteiger partial charge in [-0.2, -0.15) is 0 Å². The summed E-state index contributed by atoms with van der Waals surface area (Å²) in [7, 11) is 0. The summed E-state index contributed by atoms with van der Waals surface area (Å²) >= 11 is 0. The van der Waals surface area contributed by atoms with E-state index in [1.165, 1.54) is 0 Å². The molecule has 0 saturated carbocycles. The van der Waals surface area contributed by atoms with Gasteiger partial charge in [0.05, 0.1) is 13.2 Å². The molecule has 0 aromatic heterocycles. The first-order chi connectivity index (χ1) is 5.13. The smallest absolute Gasteiger partial charge is 0.110 e. The van der Waals surface area contributed by atoms with E-state index in [1.54, 1.807) is 0 Å². The van der Waals surface area contributed by atoms with Crippen molar-refractivity contribution < 1.29 is 25.3 Å². The van der Waals surface area contributed by atoms with Gasteiger partial charge in [-0.15, -0.1) is 0 Å². The third-order valence-corrected chi connectivity index (χ3v) is 1.24. The minimum atomic E-state index is -1.44. The van der Waals surface area contributed by atoms with Gasteiger partial charge < -0.3 is 25.3 Å². The molecule has 0 radical (unpaired) electrons. The normalized spacial score (nSPS) is 19.4. The van der Waals surface area contributed by atoms with E-state index in [9.17, 15) is 0 Å². The number of aliphatic hydroxyl groups is 4. The third-order valence-electron chi connectivity index (χ3n) is 1.24. The Hall–Kier alpha value is -0.240. The van der Waals surface area contributed by atoms with E-state index in [-0.39, 0.29) is 6.61 Å². The Balaban J connectivity index is 3.70.